The molecule has 2 unspecified atom stereocenters. The summed E-state index contributed by atoms with van der Waals surface area (Å²) in [4.78, 5) is 11.0. The molecule has 4 heteroatoms. The highest BCUT2D eigenvalue weighted by Gasteiger charge is 2.26. The number of ether oxygens (including phenoxy) is 1. The number of hydrogen-bond acceptors (Lipinski definition) is 4. The minimum Gasteiger partial charge on any atom is -0.464 e. The van der Waals surface area contributed by atoms with Crippen LogP contribution in [0.5, 0.6) is 0 Å². The van der Waals surface area contributed by atoms with Crippen molar-refractivity contribution >= 4 is 5.97 Å². The summed E-state index contributed by atoms with van der Waals surface area (Å²) < 4.78 is 4.59. The van der Waals surface area contributed by atoms with E-state index in [1.807, 2.05) is 13.0 Å². The van der Waals surface area contributed by atoms with Crippen molar-refractivity contribution in [3.63, 3.8) is 0 Å². The third-order valence-corrected chi connectivity index (χ3v) is 1.67. The second-order valence-corrected chi connectivity index (χ2v) is 2.72. The summed E-state index contributed by atoms with van der Waals surface area (Å²) in [5.74, 6) is -1.36. The van der Waals surface area contributed by atoms with E-state index in [9.17, 15) is 9.90 Å². The normalized spacial score (nSPS) is 14.3. The Morgan fingerprint density at radius 2 is 2.23 bits per heavy atom. The van der Waals surface area contributed by atoms with Crippen LogP contribution in [0, 0.1) is 17.2 Å². The maximum Gasteiger partial charge on any atom is 0.336 e. The van der Waals surface area contributed by atoms with Gasteiger partial charge in [-0.05, 0) is 13.3 Å². The topological polar surface area (TPSA) is 70.3 Å². The summed E-state index contributed by atoms with van der Waals surface area (Å²) in [5.41, 5.74) is 0. The number of carbonyl (C=O) groups excluding carboxylic acids is 1. The van der Waals surface area contributed by atoms with E-state index in [-0.39, 0.29) is 6.61 Å². The summed E-state index contributed by atoms with van der Waals surface area (Å²) >= 11 is 0. The van der Waals surface area contributed by atoms with Gasteiger partial charge in [-0.15, -0.1) is 0 Å². The zero-order valence-electron chi connectivity index (χ0n) is 7.99. The first-order chi connectivity index (χ1) is 6.17. The number of hydrogen-bond donors (Lipinski definition) is 1. The molecule has 0 rings (SSSR count). The van der Waals surface area contributed by atoms with E-state index < -0.39 is 18.0 Å². The summed E-state index contributed by atoms with van der Waals surface area (Å²) in [6.07, 6.45) is -0.0320. The molecule has 2 atom stereocenters. The third kappa shape index (κ3) is 3.90. The SMILES string of the molecule is CCCC(C#N)C(O)C(=O)OCC. The van der Waals surface area contributed by atoms with Gasteiger partial charge in [-0.25, -0.2) is 4.79 Å². The van der Waals surface area contributed by atoms with Crippen molar-refractivity contribution in [2.45, 2.75) is 32.8 Å². The summed E-state index contributed by atoms with van der Waals surface area (Å²) in [5, 5.41) is 18.0. The molecule has 0 saturated carbocycles. The quantitative estimate of drug-likeness (QED) is 0.644. The summed E-state index contributed by atoms with van der Waals surface area (Å²) in [6.45, 7) is 3.77. The zero-order chi connectivity index (χ0) is 10.3. The van der Waals surface area contributed by atoms with Crippen molar-refractivity contribution < 1.29 is 14.6 Å². The molecule has 74 valence electrons. The molecule has 0 radical (unpaired) electrons. The van der Waals surface area contributed by atoms with Crippen molar-refractivity contribution in [2.24, 2.45) is 5.92 Å². The number of nitrogens with zero attached hydrogens (tertiary/aromatic N) is 1. The average molecular weight is 185 g/mol. The molecule has 0 bridgehead atoms. The standard InChI is InChI=1S/C9H15NO3/c1-3-5-7(6-10)8(11)9(12)13-4-2/h7-8,11H,3-5H2,1-2H3. The van der Waals surface area contributed by atoms with Crippen molar-refractivity contribution in [1.82, 2.24) is 0 Å². The summed E-state index contributed by atoms with van der Waals surface area (Å²) in [6, 6.07) is 1.89. The summed E-state index contributed by atoms with van der Waals surface area (Å²) in [7, 11) is 0. The lowest BCUT2D eigenvalue weighted by atomic mass is 9.99. The highest BCUT2D eigenvalue weighted by Crippen LogP contribution is 2.11. The van der Waals surface area contributed by atoms with E-state index in [1.54, 1.807) is 6.92 Å². The molecule has 0 aliphatic rings. The Kier molecular flexibility index (Phi) is 5.90. The molecule has 0 saturated heterocycles. The Morgan fingerprint density at radius 3 is 2.62 bits per heavy atom. The van der Waals surface area contributed by atoms with Crippen LogP contribution in [0.1, 0.15) is 26.7 Å². The molecule has 0 aromatic rings. The highest BCUT2D eigenvalue weighted by molar-refractivity contribution is 5.75. The highest BCUT2D eigenvalue weighted by atomic mass is 16.5. The maximum absolute atomic E-state index is 11.0. The number of rotatable bonds is 5. The Morgan fingerprint density at radius 1 is 1.62 bits per heavy atom. The Bertz CT molecular complexity index is 198. The third-order valence-electron chi connectivity index (χ3n) is 1.67. The van der Waals surface area contributed by atoms with Crippen LogP contribution in [-0.2, 0) is 9.53 Å². The second kappa shape index (κ2) is 6.44. The number of nitriles is 1. The average Bonchev–Trinajstić information content (AvgIpc) is 2.13. The zero-order valence-corrected chi connectivity index (χ0v) is 7.99. The van der Waals surface area contributed by atoms with Gasteiger partial charge in [0.25, 0.3) is 0 Å². The van der Waals surface area contributed by atoms with Crippen LogP contribution in [-0.4, -0.2) is 23.8 Å². The number of aliphatic hydroxyl groups is 1. The van der Waals surface area contributed by atoms with Crippen molar-refractivity contribution in [3.05, 3.63) is 0 Å². The Hall–Kier alpha value is -1.08. The van der Waals surface area contributed by atoms with Gasteiger partial charge in [0.2, 0.25) is 0 Å². The number of esters is 1. The molecule has 0 aliphatic heterocycles. The maximum atomic E-state index is 11.0. The monoisotopic (exact) mass is 185 g/mol. The Labute approximate surface area is 78.1 Å². The van der Waals surface area contributed by atoms with Gasteiger partial charge in [0.05, 0.1) is 18.6 Å². The van der Waals surface area contributed by atoms with E-state index in [2.05, 4.69) is 4.74 Å². The first kappa shape index (κ1) is 11.9. The molecular formula is C9H15NO3. The van der Waals surface area contributed by atoms with Gasteiger partial charge >= 0.3 is 5.97 Å². The molecule has 0 heterocycles. The first-order valence-electron chi connectivity index (χ1n) is 4.41. The molecule has 13 heavy (non-hydrogen) atoms. The van der Waals surface area contributed by atoms with Gasteiger partial charge in [-0.1, -0.05) is 13.3 Å². The van der Waals surface area contributed by atoms with Crippen molar-refractivity contribution in [1.29, 1.82) is 5.26 Å². The molecule has 1 N–H and O–H groups in total. The molecule has 0 aliphatic carbocycles. The lowest BCUT2D eigenvalue weighted by molar-refractivity contribution is -0.155. The molecule has 0 aromatic heterocycles. The molecular weight excluding hydrogens is 170 g/mol. The van der Waals surface area contributed by atoms with Gasteiger partial charge in [0.1, 0.15) is 0 Å². The van der Waals surface area contributed by atoms with Gasteiger partial charge in [0.15, 0.2) is 6.10 Å². The Balaban J connectivity index is 4.12. The molecule has 4 nitrogen and oxygen atoms in total. The van der Waals surface area contributed by atoms with Crippen molar-refractivity contribution in [2.75, 3.05) is 6.61 Å². The van der Waals surface area contributed by atoms with E-state index in [0.29, 0.717) is 6.42 Å². The van der Waals surface area contributed by atoms with Crippen LogP contribution in [0.2, 0.25) is 0 Å². The lowest BCUT2D eigenvalue weighted by Gasteiger charge is -2.13. The van der Waals surface area contributed by atoms with Crippen LogP contribution in [0.25, 0.3) is 0 Å². The van der Waals surface area contributed by atoms with E-state index in [1.165, 1.54) is 0 Å². The smallest absolute Gasteiger partial charge is 0.336 e. The van der Waals surface area contributed by atoms with Crippen LogP contribution < -0.4 is 0 Å². The largest absolute Gasteiger partial charge is 0.464 e. The van der Waals surface area contributed by atoms with Gasteiger partial charge in [-0.3, -0.25) is 0 Å². The number of aliphatic hydroxyl groups excluding tert-OH is 1. The fourth-order valence-corrected chi connectivity index (χ4v) is 0.996. The van der Waals surface area contributed by atoms with E-state index >= 15 is 0 Å². The van der Waals surface area contributed by atoms with E-state index in [4.69, 9.17) is 5.26 Å². The van der Waals surface area contributed by atoms with Crippen LogP contribution in [0.4, 0.5) is 0 Å². The molecule has 0 aromatic carbocycles. The first-order valence-corrected chi connectivity index (χ1v) is 4.41. The van der Waals surface area contributed by atoms with E-state index in [0.717, 1.165) is 6.42 Å². The fraction of sp³-hybridized carbons (Fsp3) is 0.778. The minimum atomic E-state index is -1.30. The molecule has 0 spiro atoms. The van der Waals surface area contributed by atoms with Crippen LogP contribution in [0.3, 0.4) is 0 Å². The van der Waals surface area contributed by atoms with Crippen LogP contribution >= 0.6 is 0 Å². The van der Waals surface area contributed by atoms with Gasteiger partial charge in [-0.2, -0.15) is 5.26 Å². The van der Waals surface area contributed by atoms with Gasteiger partial charge < -0.3 is 9.84 Å². The molecule has 0 fully saturated rings. The number of carbonyl (C=O) groups is 1. The minimum absolute atomic E-state index is 0.222. The predicted molar refractivity (Wildman–Crippen MR) is 46.7 cm³/mol. The van der Waals surface area contributed by atoms with Gasteiger partial charge in [0, 0.05) is 0 Å². The van der Waals surface area contributed by atoms with Crippen LogP contribution in [0.15, 0.2) is 0 Å². The van der Waals surface area contributed by atoms with Crippen molar-refractivity contribution in [3.8, 4) is 6.07 Å². The lowest BCUT2D eigenvalue weighted by Crippen LogP contribution is -2.30. The fourth-order valence-electron chi connectivity index (χ4n) is 0.996. The second-order valence-electron chi connectivity index (χ2n) is 2.72. The predicted octanol–water partition coefficient (Wildman–Crippen LogP) is 0.850. The molecule has 0 amide bonds.